The molecule has 1 amide bonds. The van der Waals surface area contributed by atoms with Gasteiger partial charge in [0.15, 0.2) is 3.70 Å². The van der Waals surface area contributed by atoms with E-state index in [1.807, 2.05) is 29.5 Å². The third-order valence-electron chi connectivity index (χ3n) is 4.07. The highest BCUT2D eigenvalue weighted by atomic mass is 127. The Kier molecular flexibility index (Phi) is 7.87. The van der Waals surface area contributed by atoms with E-state index in [4.69, 9.17) is 14.2 Å². The summed E-state index contributed by atoms with van der Waals surface area (Å²) >= 11 is 1.94. The molecule has 28 heavy (non-hydrogen) atoms. The number of hydrogen-bond donors (Lipinski definition) is 1. The third kappa shape index (κ3) is 6.47. The molecular weight excluding hydrogens is 483 g/mol. The maximum absolute atomic E-state index is 11.8. The van der Waals surface area contributed by atoms with Crippen LogP contribution in [0.5, 0.6) is 5.88 Å². The third-order valence-corrected chi connectivity index (χ3v) is 5.07. The maximum atomic E-state index is 11.8. The van der Waals surface area contributed by atoms with Gasteiger partial charge in [-0.25, -0.2) is 9.48 Å². The Labute approximate surface area is 177 Å². The summed E-state index contributed by atoms with van der Waals surface area (Å²) in [4.78, 5) is 22.8. The van der Waals surface area contributed by atoms with Crippen LogP contribution < -0.4 is 10.1 Å². The van der Waals surface area contributed by atoms with Crippen LogP contribution in [0.4, 0.5) is 10.5 Å². The first-order chi connectivity index (χ1) is 13.1. The van der Waals surface area contributed by atoms with Crippen molar-refractivity contribution in [1.29, 1.82) is 0 Å². The highest BCUT2D eigenvalue weighted by Crippen LogP contribution is 2.35. The van der Waals surface area contributed by atoms with Crippen LogP contribution in [0.3, 0.4) is 0 Å². The molecule has 1 aliphatic heterocycles. The first kappa shape index (κ1) is 22.7. The van der Waals surface area contributed by atoms with Crippen molar-refractivity contribution < 1.29 is 23.9 Å². The van der Waals surface area contributed by atoms with Gasteiger partial charge in [-0.05, 0) is 63.1 Å². The minimum Gasteiger partial charge on any atom is -0.472 e. The lowest BCUT2D eigenvalue weighted by Crippen LogP contribution is -2.38. The molecule has 11 heteroatoms. The molecule has 2 rings (SSSR count). The second kappa shape index (κ2) is 9.72. The normalized spacial score (nSPS) is 16.5. The quantitative estimate of drug-likeness (QED) is 0.339. The van der Waals surface area contributed by atoms with E-state index < -0.39 is 16.6 Å². The molecule has 1 atom stereocenters. The van der Waals surface area contributed by atoms with Crippen LogP contribution in [0, 0.1) is 13.8 Å². The molecule has 1 aromatic heterocycles. The fourth-order valence-corrected chi connectivity index (χ4v) is 3.65. The number of carbonyl (C=O) groups is 1. The van der Waals surface area contributed by atoms with Gasteiger partial charge in [0.05, 0.1) is 17.6 Å². The Morgan fingerprint density at radius 3 is 2.68 bits per heavy atom. The van der Waals surface area contributed by atoms with E-state index in [0.717, 1.165) is 12.8 Å². The summed E-state index contributed by atoms with van der Waals surface area (Å²) in [6, 6.07) is -0.157. The van der Waals surface area contributed by atoms with Crippen LogP contribution in [0.15, 0.2) is 0 Å². The number of rotatable bonds is 7. The number of alkyl carbamates (subject to hydrolysis) is 1. The summed E-state index contributed by atoms with van der Waals surface area (Å²) in [5, 5.41) is 18.5. The Balaban J connectivity index is 1.96. The van der Waals surface area contributed by atoms with Gasteiger partial charge in [0.25, 0.3) is 0 Å². The van der Waals surface area contributed by atoms with Crippen molar-refractivity contribution in [2.75, 3.05) is 19.8 Å². The van der Waals surface area contributed by atoms with Crippen molar-refractivity contribution in [2.45, 2.75) is 64.6 Å². The molecule has 1 N–H and O–H groups in total. The minimum atomic E-state index is -0.575. The van der Waals surface area contributed by atoms with Gasteiger partial charge in [0, 0.05) is 25.7 Å². The number of aromatic nitrogens is 2. The Morgan fingerprint density at radius 2 is 2.11 bits per heavy atom. The van der Waals surface area contributed by atoms with E-state index in [1.165, 1.54) is 0 Å². The van der Waals surface area contributed by atoms with E-state index in [9.17, 15) is 14.9 Å². The van der Waals surface area contributed by atoms with Crippen LogP contribution in [0.2, 0.25) is 0 Å². The number of halogens is 1. The molecule has 0 bridgehead atoms. The van der Waals surface area contributed by atoms with E-state index in [1.54, 1.807) is 25.5 Å². The second-order valence-corrected chi connectivity index (χ2v) is 8.70. The monoisotopic (exact) mass is 510 g/mol. The van der Waals surface area contributed by atoms with E-state index in [0.29, 0.717) is 23.3 Å². The molecule has 158 valence electrons. The van der Waals surface area contributed by atoms with Gasteiger partial charge in [-0.3, -0.25) is 10.1 Å². The molecule has 0 aromatic carbocycles. The molecule has 1 aliphatic rings. The van der Waals surface area contributed by atoms with Crippen molar-refractivity contribution in [3.63, 3.8) is 0 Å². The smallest absolute Gasteiger partial charge is 0.407 e. The SMILES string of the molecule is CC(CCOc1nn(C2CCOCC2)c(I)c1[N+](=O)[O-])NC(=O)OC(C)(C)C. The minimum absolute atomic E-state index is 0.00496. The molecule has 0 spiro atoms. The van der Waals surface area contributed by atoms with Gasteiger partial charge in [0.1, 0.15) is 5.60 Å². The molecule has 0 saturated carbocycles. The Bertz CT molecular complexity index is 697. The van der Waals surface area contributed by atoms with Gasteiger partial charge in [-0.15, -0.1) is 5.10 Å². The van der Waals surface area contributed by atoms with Crippen LogP contribution in [0.25, 0.3) is 0 Å². The van der Waals surface area contributed by atoms with Gasteiger partial charge in [-0.1, -0.05) is 0 Å². The first-order valence-electron chi connectivity index (χ1n) is 9.21. The molecular formula is C17H27IN4O6. The van der Waals surface area contributed by atoms with Gasteiger partial charge < -0.3 is 19.5 Å². The molecule has 2 heterocycles. The van der Waals surface area contributed by atoms with Gasteiger partial charge in [0.2, 0.25) is 0 Å². The zero-order valence-corrected chi connectivity index (χ0v) is 18.7. The predicted molar refractivity (Wildman–Crippen MR) is 110 cm³/mol. The zero-order chi connectivity index (χ0) is 20.9. The Morgan fingerprint density at radius 1 is 1.46 bits per heavy atom. The topological polar surface area (TPSA) is 118 Å². The summed E-state index contributed by atoms with van der Waals surface area (Å²) in [5.41, 5.74) is -0.700. The van der Waals surface area contributed by atoms with Crippen molar-refractivity contribution >= 4 is 34.4 Å². The molecule has 1 unspecified atom stereocenters. The lowest BCUT2D eigenvalue weighted by atomic mass is 10.1. The largest absolute Gasteiger partial charge is 0.472 e. The average Bonchev–Trinajstić information content (AvgIpc) is 2.90. The zero-order valence-electron chi connectivity index (χ0n) is 16.6. The molecule has 1 aromatic rings. The summed E-state index contributed by atoms with van der Waals surface area (Å²) in [6.07, 6.45) is 1.46. The molecule has 0 aliphatic carbocycles. The summed E-state index contributed by atoms with van der Waals surface area (Å²) < 4.78 is 18.3. The molecule has 1 saturated heterocycles. The fourth-order valence-electron chi connectivity index (χ4n) is 2.72. The highest BCUT2D eigenvalue weighted by molar-refractivity contribution is 14.1. The first-order valence-corrected chi connectivity index (χ1v) is 10.3. The predicted octanol–water partition coefficient (Wildman–Crippen LogP) is 3.43. The maximum Gasteiger partial charge on any atom is 0.407 e. The molecule has 0 radical (unpaired) electrons. The van der Waals surface area contributed by atoms with Crippen molar-refractivity contribution in [1.82, 2.24) is 15.1 Å². The number of nitrogens with one attached hydrogen (secondary N) is 1. The molecule has 10 nitrogen and oxygen atoms in total. The van der Waals surface area contributed by atoms with E-state index >= 15 is 0 Å². The van der Waals surface area contributed by atoms with E-state index in [2.05, 4.69) is 10.4 Å². The number of carbonyl (C=O) groups excluding carboxylic acids is 1. The lowest BCUT2D eigenvalue weighted by molar-refractivity contribution is -0.387. The lowest BCUT2D eigenvalue weighted by Gasteiger charge is -2.22. The highest BCUT2D eigenvalue weighted by Gasteiger charge is 2.31. The fraction of sp³-hybridized carbons (Fsp3) is 0.765. The van der Waals surface area contributed by atoms with Gasteiger partial charge in [-0.2, -0.15) is 0 Å². The van der Waals surface area contributed by atoms with Crippen molar-refractivity contribution in [2.24, 2.45) is 0 Å². The van der Waals surface area contributed by atoms with E-state index in [-0.39, 0.29) is 30.3 Å². The van der Waals surface area contributed by atoms with Crippen molar-refractivity contribution in [3.05, 3.63) is 13.8 Å². The average molecular weight is 510 g/mol. The summed E-state index contributed by atoms with van der Waals surface area (Å²) in [5.74, 6) is 0.00496. The number of hydrogen-bond acceptors (Lipinski definition) is 7. The van der Waals surface area contributed by atoms with Crippen molar-refractivity contribution in [3.8, 4) is 5.88 Å². The number of nitrogens with zero attached hydrogens (tertiary/aromatic N) is 3. The summed E-state index contributed by atoms with van der Waals surface area (Å²) in [6.45, 7) is 8.57. The van der Waals surface area contributed by atoms with Crippen LogP contribution in [-0.2, 0) is 9.47 Å². The number of ether oxygens (including phenoxy) is 3. The molecule has 1 fully saturated rings. The van der Waals surface area contributed by atoms with Crippen LogP contribution in [-0.4, -0.2) is 52.3 Å². The van der Waals surface area contributed by atoms with Crippen LogP contribution in [0.1, 0.15) is 53.0 Å². The van der Waals surface area contributed by atoms with Crippen LogP contribution >= 0.6 is 22.6 Å². The standard InChI is InChI=1S/C17H27IN4O6/c1-11(19-16(23)28-17(2,3)4)5-10-27-15-13(22(24)25)14(18)21(20-15)12-6-8-26-9-7-12/h11-12H,5-10H2,1-4H3,(H,19,23). The van der Waals surface area contributed by atoms with Gasteiger partial charge >= 0.3 is 17.7 Å². The number of amides is 1. The second-order valence-electron chi connectivity index (χ2n) is 7.67. The summed E-state index contributed by atoms with van der Waals surface area (Å²) in [7, 11) is 0. The Hall–Kier alpha value is -1.63. The number of nitro groups is 1.